The van der Waals surface area contributed by atoms with Gasteiger partial charge in [0.1, 0.15) is 12.4 Å². The Morgan fingerprint density at radius 2 is 1.75 bits per heavy atom. The molecule has 0 bridgehead atoms. The van der Waals surface area contributed by atoms with Gasteiger partial charge in [0, 0.05) is 23.6 Å². The molecule has 144 valence electrons. The third kappa shape index (κ3) is 5.24. The number of hydrogen-bond donors (Lipinski definition) is 2. The van der Waals surface area contributed by atoms with Crippen LogP contribution in [0.15, 0.2) is 60.7 Å². The number of ether oxygens (including phenoxy) is 1. The van der Waals surface area contributed by atoms with Crippen molar-refractivity contribution in [1.82, 2.24) is 5.32 Å². The third-order valence-corrected chi connectivity index (χ3v) is 4.56. The standard InChI is InChI=1S/C22H20ClNO4/c23-18-8-9-20(17(12-18)13-24-21(25)10-11-22(26)27)28-14-16-6-3-5-15-4-1-2-7-19(15)16/h1-9,12H,10-11,13-14H2,(H,24,25)(H,26,27). The van der Waals surface area contributed by atoms with Crippen molar-refractivity contribution >= 4 is 34.2 Å². The summed E-state index contributed by atoms with van der Waals surface area (Å²) in [6.45, 7) is 0.590. The molecular formula is C22H20ClNO4. The van der Waals surface area contributed by atoms with Crippen LogP contribution in [-0.4, -0.2) is 17.0 Å². The van der Waals surface area contributed by atoms with Gasteiger partial charge in [-0.25, -0.2) is 0 Å². The summed E-state index contributed by atoms with van der Waals surface area (Å²) in [5.74, 6) is -0.713. The van der Waals surface area contributed by atoms with Crippen molar-refractivity contribution in [2.75, 3.05) is 0 Å². The van der Waals surface area contributed by atoms with Crippen molar-refractivity contribution in [1.29, 1.82) is 0 Å². The van der Waals surface area contributed by atoms with Gasteiger partial charge in [-0.05, 0) is 34.5 Å². The number of hydrogen-bond acceptors (Lipinski definition) is 3. The Morgan fingerprint density at radius 3 is 2.57 bits per heavy atom. The van der Waals surface area contributed by atoms with Crippen LogP contribution in [0, 0.1) is 0 Å². The topological polar surface area (TPSA) is 75.6 Å². The molecule has 2 N–H and O–H groups in total. The van der Waals surface area contributed by atoms with Crippen LogP contribution >= 0.6 is 11.6 Å². The predicted octanol–water partition coefficient (Wildman–Crippen LogP) is 4.55. The number of fused-ring (bicyclic) bond motifs is 1. The lowest BCUT2D eigenvalue weighted by Gasteiger charge is -2.14. The van der Waals surface area contributed by atoms with E-state index in [9.17, 15) is 9.59 Å². The van der Waals surface area contributed by atoms with E-state index in [0.717, 1.165) is 21.9 Å². The first-order chi connectivity index (χ1) is 13.5. The highest BCUT2D eigenvalue weighted by molar-refractivity contribution is 6.30. The second-order valence-corrected chi connectivity index (χ2v) is 6.79. The molecule has 28 heavy (non-hydrogen) atoms. The maximum Gasteiger partial charge on any atom is 0.303 e. The lowest BCUT2D eigenvalue weighted by Crippen LogP contribution is -2.23. The summed E-state index contributed by atoms with van der Waals surface area (Å²) in [6, 6.07) is 19.4. The molecule has 3 aromatic rings. The molecule has 0 aliphatic carbocycles. The largest absolute Gasteiger partial charge is 0.489 e. The van der Waals surface area contributed by atoms with E-state index in [1.807, 2.05) is 24.3 Å². The van der Waals surface area contributed by atoms with Crippen molar-refractivity contribution in [3.05, 3.63) is 76.8 Å². The van der Waals surface area contributed by atoms with E-state index in [1.54, 1.807) is 18.2 Å². The van der Waals surface area contributed by atoms with Crippen molar-refractivity contribution in [2.24, 2.45) is 0 Å². The fourth-order valence-electron chi connectivity index (χ4n) is 2.90. The molecule has 0 radical (unpaired) electrons. The molecule has 0 spiro atoms. The molecule has 0 heterocycles. The SMILES string of the molecule is O=C(O)CCC(=O)NCc1cc(Cl)ccc1OCc1cccc2ccccc12. The lowest BCUT2D eigenvalue weighted by molar-refractivity contribution is -0.138. The summed E-state index contributed by atoms with van der Waals surface area (Å²) >= 11 is 6.08. The van der Waals surface area contributed by atoms with Gasteiger partial charge in [-0.2, -0.15) is 0 Å². The molecule has 6 heteroatoms. The molecule has 0 unspecified atom stereocenters. The molecule has 3 aromatic carbocycles. The fourth-order valence-corrected chi connectivity index (χ4v) is 3.10. The summed E-state index contributed by atoms with van der Waals surface area (Å²) in [4.78, 5) is 22.4. The molecule has 3 rings (SSSR count). The van der Waals surface area contributed by atoms with Gasteiger partial charge in [0.15, 0.2) is 0 Å². The quantitative estimate of drug-likeness (QED) is 0.584. The van der Waals surface area contributed by atoms with Crippen LogP contribution in [0.3, 0.4) is 0 Å². The third-order valence-electron chi connectivity index (χ3n) is 4.33. The molecule has 5 nitrogen and oxygen atoms in total. The van der Waals surface area contributed by atoms with Gasteiger partial charge in [0.25, 0.3) is 0 Å². The molecule has 0 saturated heterocycles. The Hall–Kier alpha value is -3.05. The van der Waals surface area contributed by atoms with Crippen LogP contribution in [0.1, 0.15) is 24.0 Å². The van der Waals surface area contributed by atoms with Crippen molar-refractivity contribution < 1.29 is 19.4 Å². The lowest BCUT2D eigenvalue weighted by atomic mass is 10.1. The Bertz CT molecular complexity index is 997. The van der Waals surface area contributed by atoms with E-state index in [-0.39, 0.29) is 25.3 Å². The van der Waals surface area contributed by atoms with Gasteiger partial charge in [0.05, 0.1) is 6.42 Å². The molecule has 0 fully saturated rings. The fraction of sp³-hybridized carbons (Fsp3) is 0.182. The van der Waals surface area contributed by atoms with Crippen molar-refractivity contribution in [3.8, 4) is 5.75 Å². The van der Waals surface area contributed by atoms with E-state index in [0.29, 0.717) is 17.4 Å². The van der Waals surface area contributed by atoms with Gasteiger partial charge in [0.2, 0.25) is 5.91 Å². The van der Waals surface area contributed by atoms with Crippen LogP contribution < -0.4 is 10.1 Å². The smallest absolute Gasteiger partial charge is 0.303 e. The molecular weight excluding hydrogens is 378 g/mol. The number of halogens is 1. The number of carboxylic acids is 1. The highest BCUT2D eigenvalue weighted by Crippen LogP contribution is 2.25. The molecule has 1 amide bonds. The average molecular weight is 398 g/mol. The minimum Gasteiger partial charge on any atom is -0.489 e. The van der Waals surface area contributed by atoms with E-state index in [4.69, 9.17) is 21.4 Å². The predicted molar refractivity (Wildman–Crippen MR) is 108 cm³/mol. The number of carbonyl (C=O) groups is 2. The zero-order valence-corrected chi connectivity index (χ0v) is 15.9. The highest BCUT2D eigenvalue weighted by Gasteiger charge is 2.10. The Morgan fingerprint density at radius 1 is 0.964 bits per heavy atom. The molecule has 0 atom stereocenters. The maximum atomic E-state index is 11.8. The van der Waals surface area contributed by atoms with E-state index in [2.05, 4.69) is 23.5 Å². The molecule has 0 saturated carbocycles. The van der Waals surface area contributed by atoms with Crippen LogP contribution in [-0.2, 0) is 22.7 Å². The Balaban J connectivity index is 1.70. The zero-order valence-electron chi connectivity index (χ0n) is 15.2. The maximum absolute atomic E-state index is 11.8. The number of carboxylic acid groups (broad SMARTS) is 1. The van der Waals surface area contributed by atoms with Crippen LogP contribution in [0.5, 0.6) is 5.75 Å². The first kappa shape index (κ1) is 19.7. The number of amides is 1. The van der Waals surface area contributed by atoms with Gasteiger partial charge in [-0.15, -0.1) is 0 Å². The summed E-state index contributed by atoms with van der Waals surface area (Å²) in [6.07, 6.45) is -0.270. The van der Waals surface area contributed by atoms with E-state index < -0.39 is 5.97 Å². The zero-order chi connectivity index (χ0) is 19.9. The van der Waals surface area contributed by atoms with Gasteiger partial charge in [-0.3, -0.25) is 9.59 Å². The first-order valence-corrected chi connectivity index (χ1v) is 9.27. The van der Waals surface area contributed by atoms with Gasteiger partial charge >= 0.3 is 5.97 Å². The number of nitrogens with one attached hydrogen (secondary N) is 1. The van der Waals surface area contributed by atoms with Crippen LogP contribution in [0.25, 0.3) is 10.8 Å². The van der Waals surface area contributed by atoms with Gasteiger partial charge < -0.3 is 15.2 Å². The average Bonchev–Trinajstić information content (AvgIpc) is 2.70. The minimum atomic E-state index is -1.00. The molecule has 0 aliphatic rings. The second kappa shape index (κ2) is 9.24. The number of aliphatic carboxylic acids is 1. The van der Waals surface area contributed by atoms with Crippen LogP contribution in [0.4, 0.5) is 0 Å². The second-order valence-electron chi connectivity index (χ2n) is 6.35. The number of carbonyl (C=O) groups excluding carboxylic acids is 1. The number of benzene rings is 3. The summed E-state index contributed by atoms with van der Waals surface area (Å²) in [5.41, 5.74) is 1.79. The molecule has 0 aliphatic heterocycles. The van der Waals surface area contributed by atoms with E-state index >= 15 is 0 Å². The minimum absolute atomic E-state index is 0.0674. The van der Waals surface area contributed by atoms with Crippen LogP contribution in [0.2, 0.25) is 5.02 Å². The summed E-state index contributed by atoms with van der Waals surface area (Å²) in [7, 11) is 0. The normalized spacial score (nSPS) is 10.6. The Kier molecular flexibility index (Phi) is 6.50. The number of rotatable bonds is 8. The van der Waals surface area contributed by atoms with Gasteiger partial charge in [-0.1, -0.05) is 54.1 Å². The highest BCUT2D eigenvalue weighted by atomic mass is 35.5. The summed E-state index contributed by atoms with van der Waals surface area (Å²) in [5, 5.41) is 14.2. The van der Waals surface area contributed by atoms with Crippen molar-refractivity contribution in [3.63, 3.8) is 0 Å². The Labute approximate surface area is 167 Å². The van der Waals surface area contributed by atoms with Crippen molar-refractivity contribution in [2.45, 2.75) is 26.0 Å². The van der Waals surface area contributed by atoms with E-state index in [1.165, 1.54) is 0 Å². The molecule has 0 aromatic heterocycles. The monoisotopic (exact) mass is 397 g/mol. The first-order valence-electron chi connectivity index (χ1n) is 8.89. The summed E-state index contributed by atoms with van der Waals surface area (Å²) < 4.78 is 6.01.